The monoisotopic (exact) mass is 318 g/mol. The summed E-state index contributed by atoms with van der Waals surface area (Å²) in [4.78, 5) is 11.4. The first kappa shape index (κ1) is 15.1. The third-order valence-corrected chi connectivity index (χ3v) is 4.75. The smallest absolute Gasteiger partial charge is 0.107 e. The van der Waals surface area contributed by atoms with Gasteiger partial charge in [-0.05, 0) is 37.1 Å². The number of pyridine rings is 1. The van der Waals surface area contributed by atoms with Crippen molar-refractivity contribution in [2.24, 2.45) is 0 Å². The summed E-state index contributed by atoms with van der Waals surface area (Å²) < 4.78 is 2.17. The molecule has 0 saturated carbocycles. The van der Waals surface area contributed by atoms with E-state index in [-0.39, 0.29) is 0 Å². The van der Waals surface area contributed by atoms with E-state index in [1.54, 1.807) is 0 Å². The zero-order valence-electron chi connectivity index (χ0n) is 13.8. The lowest BCUT2D eigenvalue weighted by atomic mass is 10.0. The average Bonchev–Trinajstić information content (AvgIpc) is 3.31. The molecule has 3 heterocycles. The second kappa shape index (κ2) is 6.97. The Balaban J connectivity index is 1.41. The summed E-state index contributed by atoms with van der Waals surface area (Å²) in [6.07, 6.45) is 8.35. The van der Waals surface area contributed by atoms with Crippen LogP contribution in [0.25, 0.3) is 11.4 Å². The van der Waals surface area contributed by atoms with Gasteiger partial charge in [0, 0.05) is 31.5 Å². The van der Waals surface area contributed by atoms with Gasteiger partial charge in [0.15, 0.2) is 0 Å². The molecule has 1 aliphatic rings. The minimum atomic E-state index is 0.560. The van der Waals surface area contributed by atoms with Crippen LogP contribution in [0.15, 0.2) is 67.3 Å². The van der Waals surface area contributed by atoms with Crippen LogP contribution in [-0.2, 0) is 6.54 Å². The molecule has 122 valence electrons. The van der Waals surface area contributed by atoms with Crippen molar-refractivity contribution in [3.8, 4) is 11.4 Å². The first-order chi connectivity index (χ1) is 11.9. The lowest BCUT2D eigenvalue weighted by Gasteiger charge is -2.24. The molecule has 1 atom stereocenters. The van der Waals surface area contributed by atoms with Crippen molar-refractivity contribution in [3.05, 3.63) is 72.8 Å². The normalized spacial score (nSPS) is 18.1. The quantitative estimate of drug-likeness (QED) is 0.718. The van der Waals surface area contributed by atoms with Crippen molar-refractivity contribution >= 4 is 0 Å². The van der Waals surface area contributed by atoms with Gasteiger partial charge < -0.3 is 4.57 Å². The van der Waals surface area contributed by atoms with Gasteiger partial charge in [0.2, 0.25) is 0 Å². The van der Waals surface area contributed by atoms with Crippen LogP contribution >= 0.6 is 0 Å². The molecule has 0 unspecified atom stereocenters. The molecule has 0 amide bonds. The number of hydrogen-bond acceptors (Lipinski definition) is 3. The van der Waals surface area contributed by atoms with Gasteiger partial charge in [-0.25, -0.2) is 4.98 Å². The van der Waals surface area contributed by atoms with E-state index in [1.165, 1.54) is 24.9 Å². The molecular formula is C20H22N4. The van der Waals surface area contributed by atoms with Gasteiger partial charge in [0.25, 0.3) is 0 Å². The van der Waals surface area contributed by atoms with E-state index in [0.29, 0.717) is 6.04 Å². The summed E-state index contributed by atoms with van der Waals surface area (Å²) in [6, 6.07) is 17.4. The lowest BCUT2D eigenvalue weighted by molar-refractivity contribution is 0.247. The van der Waals surface area contributed by atoms with Gasteiger partial charge in [-0.2, -0.15) is 0 Å². The summed E-state index contributed by atoms with van der Waals surface area (Å²) in [5.41, 5.74) is 3.31. The molecule has 4 heteroatoms. The van der Waals surface area contributed by atoms with Crippen molar-refractivity contribution in [1.82, 2.24) is 19.4 Å². The van der Waals surface area contributed by atoms with Crippen LogP contribution in [0.4, 0.5) is 0 Å². The number of rotatable bonds is 5. The van der Waals surface area contributed by atoms with Crippen LogP contribution in [0, 0.1) is 0 Å². The van der Waals surface area contributed by atoms with E-state index in [9.17, 15) is 0 Å². The van der Waals surface area contributed by atoms with Crippen molar-refractivity contribution in [2.75, 3.05) is 13.1 Å². The Morgan fingerprint density at radius 2 is 1.79 bits per heavy atom. The average molecular weight is 318 g/mol. The van der Waals surface area contributed by atoms with Crippen molar-refractivity contribution in [1.29, 1.82) is 0 Å². The van der Waals surface area contributed by atoms with E-state index in [0.717, 1.165) is 24.5 Å². The Hall–Kier alpha value is -2.46. The van der Waals surface area contributed by atoms with E-state index < -0.39 is 0 Å². The maximum absolute atomic E-state index is 4.49. The largest absolute Gasteiger partial charge is 0.335 e. The third kappa shape index (κ3) is 3.24. The highest BCUT2D eigenvalue weighted by Gasteiger charge is 2.25. The van der Waals surface area contributed by atoms with Gasteiger partial charge in [0.05, 0.1) is 12.0 Å². The predicted molar refractivity (Wildman–Crippen MR) is 95.4 cm³/mol. The molecular weight excluding hydrogens is 296 g/mol. The Kier molecular flexibility index (Phi) is 4.38. The fourth-order valence-corrected chi connectivity index (χ4v) is 3.52. The van der Waals surface area contributed by atoms with Gasteiger partial charge >= 0.3 is 0 Å². The Bertz CT molecular complexity index is 767. The maximum atomic E-state index is 4.49. The van der Waals surface area contributed by atoms with Crippen LogP contribution in [0.5, 0.6) is 0 Å². The van der Waals surface area contributed by atoms with Crippen molar-refractivity contribution < 1.29 is 0 Å². The van der Waals surface area contributed by atoms with Crippen molar-refractivity contribution in [3.63, 3.8) is 0 Å². The molecule has 0 bridgehead atoms. The van der Waals surface area contributed by atoms with Gasteiger partial charge in [-0.1, -0.05) is 36.4 Å². The summed E-state index contributed by atoms with van der Waals surface area (Å²) in [6.45, 7) is 3.20. The summed E-state index contributed by atoms with van der Waals surface area (Å²) in [5.74, 6) is 0. The van der Waals surface area contributed by atoms with Crippen LogP contribution in [0.3, 0.4) is 0 Å². The molecule has 3 aromatic rings. The number of nitrogens with zero attached hydrogens (tertiary/aromatic N) is 4. The Labute approximate surface area is 142 Å². The first-order valence-electron chi connectivity index (χ1n) is 8.62. The topological polar surface area (TPSA) is 34.0 Å². The highest BCUT2D eigenvalue weighted by Crippen LogP contribution is 2.31. The fraction of sp³-hybridized carbons (Fsp3) is 0.300. The van der Waals surface area contributed by atoms with Gasteiger partial charge in [0.1, 0.15) is 5.69 Å². The Morgan fingerprint density at radius 3 is 2.62 bits per heavy atom. The predicted octanol–water partition coefficient (Wildman–Crippen LogP) is 3.78. The number of aromatic nitrogens is 3. The molecule has 0 N–H and O–H groups in total. The number of hydrogen-bond donors (Lipinski definition) is 0. The van der Waals surface area contributed by atoms with Crippen LogP contribution in [0.1, 0.15) is 24.4 Å². The Morgan fingerprint density at radius 1 is 0.917 bits per heavy atom. The lowest BCUT2D eigenvalue weighted by Crippen LogP contribution is -2.27. The molecule has 1 fully saturated rings. The highest BCUT2D eigenvalue weighted by molar-refractivity contribution is 5.52. The fourth-order valence-electron chi connectivity index (χ4n) is 3.52. The summed E-state index contributed by atoms with van der Waals surface area (Å²) in [7, 11) is 0. The van der Waals surface area contributed by atoms with E-state index in [2.05, 4.69) is 56.0 Å². The van der Waals surface area contributed by atoms with Crippen molar-refractivity contribution in [2.45, 2.75) is 25.4 Å². The van der Waals surface area contributed by atoms with Crippen LogP contribution in [-0.4, -0.2) is 32.5 Å². The molecule has 2 aromatic heterocycles. The molecule has 1 aromatic carbocycles. The first-order valence-corrected chi connectivity index (χ1v) is 8.62. The van der Waals surface area contributed by atoms with Crippen LogP contribution < -0.4 is 0 Å². The second-order valence-corrected chi connectivity index (χ2v) is 6.32. The maximum Gasteiger partial charge on any atom is 0.107 e. The van der Waals surface area contributed by atoms with Gasteiger partial charge in [-0.15, -0.1) is 0 Å². The molecule has 0 aliphatic carbocycles. The summed E-state index contributed by atoms with van der Waals surface area (Å²) >= 11 is 0. The zero-order chi connectivity index (χ0) is 16.2. The minimum Gasteiger partial charge on any atom is -0.335 e. The molecule has 1 saturated heterocycles. The number of benzene rings is 1. The van der Waals surface area contributed by atoms with Crippen LogP contribution in [0.2, 0.25) is 0 Å². The second-order valence-electron chi connectivity index (χ2n) is 6.32. The molecule has 1 aliphatic heterocycles. The van der Waals surface area contributed by atoms with E-state index in [1.807, 2.05) is 30.7 Å². The standard InChI is InChI=1S/C20H22N4/c1-2-7-17(8-3-1)20-10-6-12-24(20)14-13-23-15-19(22-16-23)18-9-4-5-11-21-18/h1-5,7-9,11,15-16,20H,6,10,12-14H2/t20-/m1/s1. The minimum absolute atomic E-state index is 0.560. The number of imidazole rings is 1. The van der Waals surface area contributed by atoms with E-state index in [4.69, 9.17) is 0 Å². The summed E-state index contributed by atoms with van der Waals surface area (Å²) in [5, 5.41) is 0. The molecule has 0 radical (unpaired) electrons. The highest BCUT2D eigenvalue weighted by atomic mass is 15.2. The molecule has 0 spiro atoms. The third-order valence-electron chi connectivity index (χ3n) is 4.75. The molecule has 4 rings (SSSR count). The zero-order valence-corrected chi connectivity index (χ0v) is 13.8. The molecule has 24 heavy (non-hydrogen) atoms. The van der Waals surface area contributed by atoms with Gasteiger partial charge in [-0.3, -0.25) is 9.88 Å². The SMILES string of the molecule is c1ccc([C@H]2CCCN2CCn2cnc(-c3ccccn3)c2)cc1. The number of likely N-dealkylation sites (tertiary alicyclic amines) is 1. The molecule has 4 nitrogen and oxygen atoms in total. The van der Waals surface area contributed by atoms with E-state index >= 15 is 0 Å².